The SMILES string of the molecule is [CH2]c1ccc(CNC=O)[n+](F)c1. The van der Waals surface area contributed by atoms with Crippen molar-refractivity contribution in [2.75, 3.05) is 0 Å². The number of rotatable bonds is 3. The monoisotopic (exact) mass is 168 g/mol. The van der Waals surface area contributed by atoms with Crippen molar-refractivity contribution in [2.45, 2.75) is 6.54 Å². The summed E-state index contributed by atoms with van der Waals surface area (Å²) in [5, 5.41) is 2.36. The van der Waals surface area contributed by atoms with Crippen LogP contribution in [0.25, 0.3) is 0 Å². The smallest absolute Gasteiger partial charge is 0.249 e. The molecule has 0 atom stereocenters. The molecule has 0 spiro atoms. The van der Waals surface area contributed by atoms with Crippen molar-refractivity contribution >= 4 is 6.41 Å². The summed E-state index contributed by atoms with van der Waals surface area (Å²) >= 11 is 0. The van der Waals surface area contributed by atoms with Crippen LogP contribution in [0.3, 0.4) is 0 Å². The highest BCUT2D eigenvalue weighted by atomic mass is 19.2. The van der Waals surface area contributed by atoms with Gasteiger partial charge >= 0.3 is 0 Å². The second kappa shape index (κ2) is 3.80. The molecule has 1 rings (SSSR count). The van der Waals surface area contributed by atoms with E-state index < -0.39 is 0 Å². The van der Waals surface area contributed by atoms with Gasteiger partial charge in [0.25, 0.3) is 0 Å². The fraction of sp³-hybridized carbons (Fsp3) is 0.125. The van der Waals surface area contributed by atoms with Crippen LogP contribution in [0.15, 0.2) is 18.3 Å². The number of carbonyl (C=O) groups excluding carboxylic acids is 1. The number of aromatic nitrogens is 1. The highest BCUT2D eigenvalue weighted by Gasteiger charge is 2.09. The first-order chi connectivity index (χ1) is 5.74. The van der Waals surface area contributed by atoms with Crippen LogP contribution in [-0.4, -0.2) is 6.41 Å². The van der Waals surface area contributed by atoms with Gasteiger partial charge in [-0.05, 0) is 13.0 Å². The second-order valence-corrected chi connectivity index (χ2v) is 2.34. The summed E-state index contributed by atoms with van der Waals surface area (Å²) in [6.45, 7) is 3.73. The average molecular weight is 168 g/mol. The Hall–Kier alpha value is -1.45. The number of amides is 1. The van der Waals surface area contributed by atoms with Gasteiger partial charge in [0.2, 0.25) is 18.3 Å². The number of nitrogens with zero attached hydrogens (tertiary/aromatic N) is 1. The van der Waals surface area contributed by atoms with E-state index in [4.69, 9.17) is 0 Å². The molecule has 0 fully saturated rings. The highest BCUT2D eigenvalue weighted by Crippen LogP contribution is 1.95. The summed E-state index contributed by atoms with van der Waals surface area (Å²) in [6.07, 6.45) is 1.78. The van der Waals surface area contributed by atoms with Crippen LogP contribution < -0.4 is 10.1 Å². The molecule has 0 saturated heterocycles. The van der Waals surface area contributed by atoms with E-state index in [1.54, 1.807) is 12.1 Å². The van der Waals surface area contributed by atoms with Crippen LogP contribution in [0.4, 0.5) is 4.48 Å². The van der Waals surface area contributed by atoms with Gasteiger partial charge in [-0.2, -0.15) is 0 Å². The Labute approximate surface area is 69.8 Å². The molecule has 63 valence electrons. The predicted octanol–water partition coefficient (Wildman–Crippen LogP) is 0.135. The zero-order valence-corrected chi connectivity index (χ0v) is 6.46. The Kier molecular flexibility index (Phi) is 2.74. The molecule has 1 radical (unpaired) electrons. The zero-order chi connectivity index (χ0) is 8.97. The average Bonchev–Trinajstić information content (AvgIpc) is 2.03. The summed E-state index contributed by atoms with van der Waals surface area (Å²) in [4.78, 5) is 10.3. The summed E-state index contributed by atoms with van der Waals surface area (Å²) in [6, 6.07) is 3.25. The number of halogens is 1. The van der Waals surface area contributed by atoms with Gasteiger partial charge < -0.3 is 5.32 Å². The highest BCUT2D eigenvalue weighted by molar-refractivity contribution is 5.45. The van der Waals surface area contributed by atoms with E-state index in [1.165, 1.54) is 6.20 Å². The quantitative estimate of drug-likeness (QED) is 0.639. The minimum Gasteiger partial charge on any atom is -0.348 e. The predicted molar refractivity (Wildman–Crippen MR) is 40.5 cm³/mol. The molecule has 1 aromatic rings. The van der Waals surface area contributed by atoms with Crippen LogP contribution in [0.2, 0.25) is 0 Å². The lowest BCUT2D eigenvalue weighted by Crippen LogP contribution is -2.31. The summed E-state index contributed by atoms with van der Waals surface area (Å²) in [5.41, 5.74) is 0.974. The van der Waals surface area contributed by atoms with Crippen LogP contribution in [-0.2, 0) is 11.3 Å². The van der Waals surface area contributed by atoms with Crippen LogP contribution in [0.1, 0.15) is 11.3 Å². The van der Waals surface area contributed by atoms with Gasteiger partial charge in [0.05, 0.1) is 4.48 Å². The lowest BCUT2D eigenvalue weighted by Gasteiger charge is -1.93. The Balaban J connectivity index is 2.78. The van der Waals surface area contributed by atoms with Gasteiger partial charge in [0, 0.05) is 16.4 Å². The molecule has 1 amide bonds. The van der Waals surface area contributed by atoms with Gasteiger partial charge in [-0.15, -0.1) is 0 Å². The molecule has 0 aliphatic heterocycles. The van der Waals surface area contributed by atoms with Crippen molar-refractivity contribution in [3.8, 4) is 0 Å². The molecule has 4 heteroatoms. The van der Waals surface area contributed by atoms with Gasteiger partial charge in [-0.3, -0.25) is 4.79 Å². The Morgan fingerprint density at radius 1 is 1.67 bits per heavy atom. The molecule has 0 unspecified atom stereocenters. The van der Waals surface area contributed by atoms with Crippen molar-refractivity contribution in [3.63, 3.8) is 0 Å². The number of hydrogen-bond acceptors (Lipinski definition) is 1. The van der Waals surface area contributed by atoms with Crippen molar-refractivity contribution < 1.29 is 14.1 Å². The van der Waals surface area contributed by atoms with Crippen molar-refractivity contribution in [2.24, 2.45) is 0 Å². The third-order valence-electron chi connectivity index (χ3n) is 1.41. The van der Waals surface area contributed by atoms with Crippen LogP contribution >= 0.6 is 0 Å². The molecule has 12 heavy (non-hydrogen) atoms. The molecule has 1 N–H and O–H groups in total. The molecule has 1 heterocycles. The molecule has 0 saturated carbocycles. The first-order valence-electron chi connectivity index (χ1n) is 3.44. The third kappa shape index (κ3) is 2.02. The molecule has 1 aromatic heterocycles. The lowest BCUT2D eigenvalue weighted by atomic mass is 10.3. The second-order valence-electron chi connectivity index (χ2n) is 2.34. The van der Waals surface area contributed by atoms with E-state index in [9.17, 15) is 9.28 Å². The lowest BCUT2D eigenvalue weighted by molar-refractivity contribution is -0.849. The fourth-order valence-corrected chi connectivity index (χ4v) is 0.827. The summed E-state index contributed by atoms with van der Waals surface area (Å²) in [7, 11) is 0. The maximum atomic E-state index is 12.9. The normalized spacial score (nSPS) is 9.50. The maximum absolute atomic E-state index is 12.9. The first-order valence-corrected chi connectivity index (χ1v) is 3.44. The van der Waals surface area contributed by atoms with E-state index in [1.807, 2.05) is 0 Å². The van der Waals surface area contributed by atoms with Gasteiger partial charge in [0.1, 0.15) is 6.54 Å². The van der Waals surface area contributed by atoms with E-state index in [0.29, 0.717) is 22.5 Å². The standard InChI is InChI=1S/C8H8FN2O/c1-7-2-3-8(4-10-6-12)11(9)5-7/h2-3,5-6H,1,4H2/p+1. The number of hydrogen-bond donors (Lipinski definition) is 1. The number of nitrogens with one attached hydrogen (secondary N) is 1. The van der Waals surface area contributed by atoms with Crippen LogP contribution in [0, 0.1) is 6.92 Å². The van der Waals surface area contributed by atoms with Crippen molar-refractivity contribution in [1.29, 1.82) is 0 Å². The van der Waals surface area contributed by atoms with E-state index in [-0.39, 0.29) is 6.54 Å². The zero-order valence-electron chi connectivity index (χ0n) is 6.46. The van der Waals surface area contributed by atoms with Gasteiger partial charge in [-0.1, -0.05) is 0 Å². The van der Waals surface area contributed by atoms with E-state index in [2.05, 4.69) is 12.2 Å². The largest absolute Gasteiger partial charge is 0.348 e. The van der Waals surface area contributed by atoms with Gasteiger partial charge in [0.15, 0.2) is 0 Å². The van der Waals surface area contributed by atoms with Crippen LogP contribution in [0.5, 0.6) is 0 Å². The minimum absolute atomic E-state index is 0.181. The molecule has 3 nitrogen and oxygen atoms in total. The van der Waals surface area contributed by atoms with Crippen molar-refractivity contribution in [3.05, 3.63) is 36.5 Å². The molecule has 0 aromatic carbocycles. The molecular weight excluding hydrogens is 159 g/mol. The molecular formula is C8H9FN2O+. The topological polar surface area (TPSA) is 33.0 Å². The Bertz CT molecular complexity index is 288. The number of pyridine rings is 1. The Morgan fingerprint density at radius 3 is 3.00 bits per heavy atom. The Morgan fingerprint density at radius 2 is 2.42 bits per heavy atom. The van der Waals surface area contributed by atoms with E-state index in [0.717, 1.165) is 0 Å². The van der Waals surface area contributed by atoms with E-state index >= 15 is 0 Å². The number of carbonyl (C=O) groups is 1. The molecule has 0 bridgehead atoms. The first kappa shape index (κ1) is 8.64. The summed E-state index contributed by atoms with van der Waals surface area (Å²) < 4.78 is 12.9. The minimum atomic E-state index is 0.181. The molecule has 0 aliphatic carbocycles. The van der Waals surface area contributed by atoms with Gasteiger partial charge in [-0.25, -0.2) is 0 Å². The third-order valence-corrected chi connectivity index (χ3v) is 1.41. The maximum Gasteiger partial charge on any atom is 0.249 e. The fourth-order valence-electron chi connectivity index (χ4n) is 0.827. The summed E-state index contributed by atoms with van der Waals surface area (Å²) in [5.74, 6) is 0. The molecule has 0 aliphatic rings. The van der Waals surface area contributed by atoms with Crippen molar-refractivity contribution in [1.82, 2.24) is 5.32 Å².